The number of aromatic nitrogens is 2. The Hall–Kier alpha value is -2.10. The summed E-state index contributed by atoms with van der Waals surface area (Å²) in [4.78, 5) is 17.9. The van der Waals surface area contributed by atoms with Gasteiger partial charge in [-0.2, -0.15) is 0 Å². The highest BCUT2D eigenvalue weighted by molar-refractivity contribution is 5.28. The van der Waals surface area contributed by atoms with Gasteiger partial charge in [-0.05, 0) is 12.5 Å². The quantitative estimate of drug-likeness (QED) is 0.792. The summed E-state index contributed by atoms with van der Waals surface area (Å²) in [6.07, 6.45) is 0.584. The molecule has 82 valence electrons. The van der Waals surface area contributed by atoms with Crippen LogP contribution in [0.5, 0.6) is 0 Å². The maximum absolute atomic E-state index is 11.2. The van der Waals surface area contributed by atoms with E-state index in [4.69, 9.17) is 5.73 Å². The molecule has 4 nitrogen and oxygen atoms in total. The first-order chi connectivity index (χ1) is 7.63. The van der Waals surface area contributed by atoms with E-state index in [2.05, 4.69) is 9.97 Å². The minimum absolute atomic E-state index is 0.213. The van der Waals surface area contributed by atoms with Crippen molar-refractivity contribution in [3.8, 4) is 0 Å². The van der Waals surface area contributed by atoms with E-state index in [9.17, 15) is 4.79 Å². The smallest absolute Gasteiger partial charge is 0.252 e. The molecule has 0 fully saturated rings. The van der Waals surface area contributed by atoms with E-state index in [1.54, 1.807) is 0 Å². The van der Waals surface area contributed by atoms with Gasteiger partial charge >= 0.3 is 0 Å². The van der Waals surface area contributed by atoms with Crippen LogP contribution in [-0.2, 0) is 6.42 Å². The maximum Gasteiger partial charge on any atom is 0.252 e. The van der Waals surface area contributed by atoms with Crippen molar-refractivity contribution in [1.82, 2.24) is 9.97 Å². The lowest BCUT2D eigenvalue weighted by molar-refractivity contribution is 0.952. The average Bonchev–Trinajstić information content (AvgIpc) is 2.20. The standard InChI is InChI=1S/C12H13N3O/c1-8-2-4-9(5-3-8)6-11-14-10(13)7-12(16)15-11/h2-5,7H,6H2,1H3,(H3,13,14,15,16). The largest absolute Gasteiger partial charge is 0.383 e. The van der Waals surface area contributed by atoms with Crippen LogP contribution >= 0.6 is 0 Å². The Morgan fingerprint density at radius 2 is 2.00 bits per heavy atom. The number of hydrogen-bond donors (Lipinski definition) is 2. The van der Waals surface area contributed by atoms with Crippen LogP contribution in [0, 0.1) is 6.92 Å². The number of nitrogens with zero attached hydrogens (tertiary/aromatic N) is 1. The second kappa shape index (κ2) is 4.18. The Balaban J connectivity index is 2.26. The highest BCUT2D eigenvalue weighted by Crippen LogP contribution is 2.07. The molecule has 4 heteroatoms. The summed E-state index contributed by atoms with van der Waals surface area (Å²) in [5.41, 5.74) is 7.60. The summed E-state index contributed by atoms with van der Waals surface area (Å²) in [6.45, 7) is 2.03. The number of nitrogens with one attached hydrogen (secondary N) is 1. The van der Waals surface area contributed by atoms with Crippen molar-refractivity contribution in [2.24, 2.45) is 0 Å². The first-order valence-electron chi connectivity index (χ1n) is 5.05. The normalized spacial score (nSPS) is 10.3. The zero-order valence-corrected chi connectivity index (χ0v) is 9.03. The van der Waals surface area contributed by atoms with Crippen molar-refractivity contribution < 1.29 is 0 Å². The Labute approximate surface area is 93.2 Å². The molecular formula is C12H13N3O. The SMILES string of the molecule is Cc1ccc(Cc2nc(N)cc(=O)[nH]2)cc1. The van der Waals surface area contributed by atoms with Crippen LogP contribution in [0.2, 0.25) is 0 Å². The third kappa shape index (κ3) is 2.48. The molecule has 0 aliphatic heterocycles. The number of rotatable bonds is 2. The van der Waals surface area contributed by atoms with E-state index >= 15 is 0 Å². The topological polar surface area (TPSA) is 71.8 Å². The molecule has 2 rings (SSSR count). The Morgan fingerprint density at radius 3 is 2.62 bits per heavy atom. The number of benzene rings is 1. The number of nitrogen functional groups attached to an aromatic ring is 1. The van der Waals surface area contributed by atoms with Crippen molar-refractivity contribution in [3.05, 3.63) is 57.6 Å². The first kappa shape index (κ1) is 10.4. The fourth-order valence-electron chi connectivity index (χ4n) is 1.51. The number of hydrogen-bond acceptors (Lipinski definition) is 3. The van der Waals surface area contributed by atoms with Gasteiger partial charge in [0, 0.05) is 12.5 Å². The van der Waals surface area contributed by atoms with Crippen LogP contribution in [0.1, 0.15) is 17.0 Å². The van der Waals surface area contributed by atoms with Crippen molar-refractivity contribution in [1.29, 1.82) is 0 Å². The predicted octanol–water partition coefficient (Wildman–Crippen LogP) is 1.25. The summed E-state index contributed by atoms with van der Waals surface area (Å²) >= 11 is 0. The summed E-state index contributed by atoms with van der Waals surface area (Å²) in [5, 5.41) is 0. The van der Waals surface area contributed by atoms with Gasteiger partial charge in [-0.1, -0.05) is 29.8 Å². The Bertz CT molecular complexity index is 543. The number of nitrogens with two attached hydrogens (primary N) is 1. The summed E-state index contributed by atoms with van der Waals surface area (Å²) in [7, 11) is 0. The molecule has 0 bridgehead atoms. The van der Waals surface area contributed by atoms with Crippen molar-refractivity contribution in [2.75, 3.05) is 5.73 Å². The summed E-state index contributed by atoms with van der Waals surface area (Å²) < 4.78 is 0. The maximum atomic E-state index is 11.2. The number of aryl methyl sites for hydroxylation is 1. The van der Waals surface area contributed by atoms with Gasteiger partial charge in [0.1, 0.15) is 11.6 Å². The molecule has 0 atom stereocenters. The van der Waals surface area contributed by atoms with Crippen LogP contribution < -0.4 is 11.3 Å². The molecule has 16 heavy (non-hydrogen) atoms. The molecule has 0 saturated heterocycles. The van der Waals surface area contributed by atoms with Gasteiger partial charge in [-0.15, -0.1) is 0 Å². The number of H-pyrrole nitrogens is 1. The van der Waals surface area contributed by atoms with Gasteiger partial charge < -0.3 is 10.7 Å². The lowest BCUT2D eigenvalue weighted by Crippen LogP contribution is -2.12. The highest BCUT2D eigenvalue weighted by Gasteiger charge is 2.00. The molecule has 2 aromatic rings. The molecule has 3 N–H and O–H groups in total. The minimum atomic E-state index is -0.213. The van der Waals surface area contributed by atoms with Crippen molar-refractivity contribution in [3.63, 3.8) is 0 Å². The zero-order chi connectivity index (χ0) is 11.5. The molecule has 0 aliphatic carbocycles. The van der Waals surface area contributed by atoms with E-state index < -0.39 is 0 Å². The highest BCUT2D eigenvalue weighted by atomic mass is 16.1. The summed E-state index contributed by atoms with van der Waals surface area (Å²) in [5.74, 6) is 0.847. The monoisotopic (exact) mass is 215 g/mol. The van der Waals surface area contributed by atoms with E-state index in [1.165, 1.54) is 11.6 Å². The molecule has 1 aromatic carbocycles. The lowest BCUT2D eigenvalue weighted by atomic mass is 10.1. The Kier molecular flexibility index (Phi) is 2.72. The predicted molar refractivity (Wildman–Crippen MR) is 63.3 cm³/mol. The second-order valence-electron chi connectivity index (χ2n) is 3.78. The van der Waals surface area contributed by atoms with Gasteiger partial charge in [-0.25, -0.2) is 4.98 Å². The van der Waals surface area contributed by atoms with Crippen LogP contribution in [0.25, 0.3) is 0 Å². The van der Waals surface area contributed by atoms with Gasteiger partial charge in [-0.3, -0.25) is 4.79 Å². The lowest BCUT2D eigenvalue weighted by Gasteiger charge is -2.02. The third-order valence-electron chi connectivity index (χ3n) is 2.30. The molecule has 0 unspecified atom stereocenters. The van der Waals surface area contributed by atoms with Gasteiger partial charge in [0.2, 0.25) is 0 Å². The minimum Gasteiger partial charge on any atom is -0.383 e. The van der Waals surface area contributed by atoms with Crippen molar-refractivity contribution in [2.45, 2.75) is 13.3 Å². The van der Waals surface area contributed by atoms with Crippen molar-refractivity contribution >= 4 is 5.82 Å². The van der Waals surface area contributed by atoms with E-state index in [0.717, 1.165) is 5.56 Å². The Morgan fingerprint density at radius 1 is 1.31 bits per heavy atom. The molecular weight excluding hydrogens is 202 g/mol. The number of anilines is 1. The average molecular weight is 215 g/mol. The molecule has 0 aliphatic rings. The second-order valence-corrected chi connectivity index (χ2v) is 3.78. The van der Waals surface area contributed by atoms with Gasteiger partial charge in [0.15, 0.2) is 0 Å². The first-order valence-corrected chi connectivity index (χ1v) is 5.05. The molecule has 0 radical (unpaired) electrons. The molecule has 0 saturated carbocycles. The molecule has 1 heterocycles. The molecule has 0 amide bonds. The number of aromatic amines is 1. The van der Waals surface area contributed by atoms with E-state index in [1.807, 2.05) is 31.2 Å². The van der Waals surface area contributed by atoms with Gasteiger partial charge in [0.05, 0.1) is 0 Å². The molecule has 1 aromatic heterocycles. The van der Waals surface area contributed by atoms with Crippen LogP contribution in [0.15, 0.2) is 35.1 Å². The van der Waals surface area contributed by atoms with Gasteiger partial charge in [0.25, 0.3) is 5.56 Å². The zero-order valence-electron chi connectivity index (χ0n) is 9.03. The third-order valence-corrected chi connectivity index (χ3v) is 2.30. The van der Waals surface area contributed by atoms with Crippen LogP contribution in [0.4, 0.5) is 5.82 Å². The molecule has 0 spiro atoms. The fraction of sp³-hybridized carbons (Fsp3) is 0.167. The van der Waals surface area contributed by atoms with Crippen LogP contribution in [0.3, 0.4) is 0 Å². The summed E-state index contributed by atoms with van der Waals surface area (Å²) in [6, 6.07) is 9.36. The van der Waals surface area contributed by atoms with Crippen LogP contribution in [-0.4, -0.2) is 9.97 Å². The fourth-order valence-corrected chi connectivity index (χ4v) is 1.51. The van der Waals surface area contributed by atoms with E-state index in [0.29, 0.717) is 12.2 Å². The van der Waals surface area contributed by atoms with E-state index in [-0.39, 0.29) is 11.4 Å².